The van der Waals surface area contributed by atoms with Crippen LogP contribution >= 0.6 is 0 Å². The minimum atomic E-state index is -0.913. The zero-order valence-electron chi connectivity index (χ0n) is 26.9. The van der Waals surface area contributed by atoms with Crippen molar-refractivity contribution in [3.63, 3.8) is 0 Å². The van der Waals surface area contributed by atoms with Gasteiger partial charge >= 0.3 is 132 Å². The fourth-order valence-corrected chi connectivity index (χ4v) is 3.68. The van der Waals surface area contributed by atoms with Crippen LogP contribution in [0.3, 0.4) is 0 Å². The largest absolute Gasteiger partial charge is 1.00 e. The zero-order chi connectivity index (χ0) is 27.7. The molecule has 0 rings (SSSR count). The van der Waals surface area contributed by atoms with E-state index in [4.69, 9.17) is 0 Å². The van der Waals surface area contributed by atoms with Crippen LogP contribution in [0.1, 0.15) is 175 Å². The molecule has 0 aliphatic carbocycles. The maximum atomic E-state index is 10.0. The van der Waals surface area contributed by atoms with Crippen LogP contribution in [0.15, 0.2) is 0 Å². The molecular formula is C30H57K2NaO6. The first-order valence-corrected chi connectivity index (χ1v) is 14.9. The van der Waals surface area contributed by atoms with Gasteiger partial charge in [0.15, 0.2) is 0 Å². The van der Waals surface area contributed by atoms with Crippen LogP contribution in [0.5, 0.6) is 0 Å². The minimum Gasteiger partial charge on any atom is -0.550 e. The third-order valence-electron chi connectivity index (χ3n) is 5.95. The summed E-state index contributed by atoms with van der Waals surface area (Å²) < 4.78 is 0. The fourth-order valence-electron chi connectivity index (χ4n) is 3.68. The predicted octanol–water partition coefficient (Wildman–Crippen LogP) is -3.36. The van der Waals surface area contributed by atoms with Gasteiger partial charge in [0.2, 0.25) is 0 Å². The van der Waals surface area contributed by atoms with E-state index in [1.807, 2.05) is 0 Å². The summed E-state index contributed by atoms with van der Waals surface area (Å²) in [6, 6.07) is 0. The van der Waals surface area contributed by atoms with E-state index in [0.717, 1.165) is 38.5 Å². The van der Waals surface area contributed by atoms with E-state index < -0.39 is 17.9 Å². The molecule has 0 spiro atoms. The number of carbonyl (C=O) groups excluding carboxylic acids is 3. The van der Waals surface area contributed by atoms with Crippen molar-refractivity contribution >= 4 is 17.9 Å². The molecule has 0 heterocycles. The molecule has 39 heavy (non-hydrogen) atoms. The molecule has 0 aliphatic rings. The van der Waals surface area contributed by atoms with Crippen LogP contribution in [0.25, 0.3) is 0 Å². The van der Waals surface area contributed by atoms with Crippen LogP contribution in [0.2, 0.25) is 0 Å². The summed E-state index contributed by atoms with van der Waals surface area (Å²) in [5.74, 6) is -2.74. The Morgan fingerprint density at radius 2 is 0.513 bits per heavy atom. The van der Waals surface area contributed by atoms with E-state index in [-0.39, 0.29) is 152 Å². The number of carboxylic acids is 3. The normalized spacial score (nSPS) is 9.31. The van der Waals surface area contributed by atoms with Gasteiger partial charge in [-0.15, -0.1) is 0 Å². The van der Waals surface area contributed by atoms with Crippen molar-refractivity contribution < 1.29 is 162 Å². The number of hydrogen-bond donors (Lipinski definition) is 0. The van der Waals surface area contributed by atoms with E-state index in [2.05, 4.69) is 20.8 Å². The van der Waals surface area contributed by atoms with Crippen LogP contribution in [-0.4, -0.2) is 17.9 Å². The van der Waals surface area contributed by atoms with Gasteiger partial charge in [0, 0.05) is 17.9 Å². The minimum absolute atomic E-state index is 0. The summed E-state index contributed by atoms with van der Waals surface area (Å²) >= 11 is 0. The van der Waals surface area contributed by atoms with Crippen LogP contribution < -0.4 is 148 Å². The van der Waals surface area contributed by atoms with Gasteiger partial charge in [-0.3, -0.25) is 0 Å². The first-order chi connectivity index (χ1) is 17.3. The van der Waals surface area contributed by atoms with Crippen molar-refractivity contribution in [2.75, 3.05) is 0 Å². The van der Waals surface area contributed by atoms with Crippen molar-refractivity contribution in [1.29, 1.82) is 0 Å². The molecule has 0 aromatic carbocycles. The number of carboxylic acid groups (broad SMARTS) is 3. The van der Waals surface area contributed by atoms with Crippen molar-refractivity contribution in [2.24, 2.45) is 0 Å². The third-order valence-corrected chi connectivity index (χ3v) is 5.95. The molecule has 0 N–H and O–H groups in total. The molecule has 216 valence electrons. The second-order valence-corrected chi connectivity index (χ2v) is 9.73. The average molecular weight is 615 g/mol. The van der Waals surface area contributed by atoms with Gasteiger partial charge < -0.3 is 29.7 Å². The molecule has 6 nitrogen and oxygen atoms in total. The van der Waals surface area contributed by atoms with Crippen molar-refractivity contribution in [3.8, 4) is 0 Å². The summed E-state index contributed by atoms with van der Waals surface area (Å²) in [6.45, 7) is 6.57. The molecule has 0 radical (unpaired) electrons. The summed E-state index contributed by atoms with van der Waals surface area (Å²) in [6.07, 6.45) is 25.0. The Hall–Kier alpha value is 2.68. The molecular weight excluding hydrogens is 558 g/mol. The molecule has 0 saturated heterocycles. The third kappa shape index (κ3) is 69.1. The number of hydrogen-bond acceptors (Lipinski definition) is 6. The van der Waals surface area contributed by atoms with Gasteiger partial charge in [0.25, 0.3) is 0 Å². The monoisotopic (exact) mass is 614 g/mol. The van der Waals surface area contributed by atoms with Gasteiger partial charge in [-0.05, 0) is 38.5 Å². The molecule has 0 fully saturated rings. The smallest absolute Gasteiger partial charge is 0.550 e. The fraction of sp³-hybridized carbons (Fsp3) is 0.900. The van der Waals surface area contributed by atoms with E-state index in [9.17, 15) is 29.7 Å². The Kier molecular flexibility index (Phi) is 69.9. The molecule has 0 bridgehead atoms. The topological polar surface area (TPSA) is 120 Å². The Bertz CT molecular complexity index is 416. The van der Waals surface area contributed by atoms with E-state index in [1.54, 1.807) is 0 Å². The second kappa shape index (κ2) is 50.3. The van der Waals surface area contributed by atoms with Gasteiger partial charge in [-0.2, -0.15) is 0 Å². The molecule has 0 unspecified atom stereocenters. The predicted molar refractivity (Wildman–Crippen MR) is 143 cm³/mol. The summed E-state index contributed by atoms with van der Waals surface area (Å²) in [5, 5.41) is 30.1. The van der Waals surface area contributed by atoms with E-state index in [1.165, 1.54) is 96.3 Å². The van der Waals surface area contributed by atoms with Crippen molar-refractivity contribution in [3.05, 3.63) is 0 Å². The standard InChI is InChI=1S/3C10H20O2.2K.Na/c3*1-2-3-4-5-6-7-8-9-10(11)12;;;/h3*2-9H2,1H3,(H,11,12);;;/q;;;3*+1/p-3. The van der Waals surface area contributed by atoms with Gasteiger partial charge in [-0.25, -0.2) is 0 Å². The Morgan fingerprint density at radius 3 is 0.667 bits per heavy atom. The zero-order valence-corrected chi connectivity index (χ0v) is 35.2. The Labute approximate surface area is 348 Å². The number of rotatable bonds is 24. The first-order valence-electron chi connectivity index (χ1n) is 14.9. The van der Waals surface area contributed by atoms with Gasteiger partial charge in [-0.1, -0.05) is 136 Å². The number of unbranched alkanes of at least 4 members (excludes halogenated alkanes) is 18. The molecule has 0 aliphatic heterocycles. The Morgan fingerprint density at radius 1 is 0.359 bits per heavy atom. The van der Waals surface area contributed by atoms with Crippen molar-refractivity contribution in [2.45, 2.75) is 175 Å². The van der Waals surface area contributed by atoms with Crippen LogP contribution in [0.4, 0.5) is 0 Å². The molecule has 0 saturated carbocycles. The SMILES string of the molecule is CCCCCCCCCC(=O)[O-].CCCCCCCCCC(=O)[O-].CCCCCCCCCC(=O)[O-].[K+].[K+].[Na+]. The summed E-state index contributed by atoms with van der Waals surface area (Å²) in [4.78, 5) is 30.1. The molecule has 0 aromatic rings. The first kappa shape index (κ1) is 54.2. The maximum absolute atomic E-state index is 10.0. The average Bonchev–Trinajstić information content (AvgIpc) is 2.83. The number of aliphatic carboxylic acids is 3. The van der Waals surface area contributed by atoms with Gasteiger partial charge in [0.1, 0.15) is 0 Å². The van der Waals surface area contributed by atoms with Crippen LogP contribution in [-0.2, 0) is 14.4 Å². The van der Waals surface area contributed by atoms with Gasteiger partial charge in [0.05, 0.1) is 0 Å². The summed E-state index contributed by atoms with van der Waals surface area (Å²) in [7, 11) is 0. The molecule has 0 aromatic heterocycles. The van der Waals surface area contributed by atoms with E-state index >= 15 is 0 Å². The number of carbonyl (C=O) groups is 3. The van der Waals surface area contributed by atoms with E-state index in [0.29, 0.717) is 0 Å². The summed E-state index contributed by atoms with van der Waals surface area (Å²) in [5.41, 5.74) is 0. The van der Waals surface area contributed by atoms with Crippen molar-refractivity contribution in [1.82, 2.24) is 0 Å². The maximum Gasteiger partial charge on any atom is 1.00 e. The van der Waals surface area contributed by atoms with Crippen LogP contribution in [0, 0.1) is 0 Å². The molecule has 0 atom stereocenters. The quantitative estimate of drug-likeness (QED) is 0.0828. The molecule has 0 amide bonds. The Balaban J connectivity index is -0.000000101. The second-order valence-electron chi connectivity index (χ2n) is 9.73. The molecule has 9 heteroatoms.